The average Bonchev–Trinajstić information content (AvgIpc) is 2.77. The van der Waals surface area contributed by atoms with Gasteiger partial charge in [-0.05, 0) is 30.4 Å². The summed E-state index contributed by atoms with van der Waals surface area (Å²) in [5.74, 6) is -1.20. The number of aromatic carboxylic acids is 1. The molecule has 2 heterocycles. The van der Waals surface area contributed by atoms with Gasteiger partial charge in [0.2, 0.25) is 0 Å². The Bertz CT molecular complexity index is 439. The van der Waals surface area contributed by atoms with Gasteiger partial charge in [0.05, 0.1) is 0 Å². The number of nitrogens with one attached hydrogen (secondary N) is 1. The molecule has 0 spiro atoms. The molecule has 1 aromatic heterocycles. The van der Waals surface area contributed by atoms with Crippen LogP contribution in [0.25, 0.3) is 0 Å². The lowest BCUT2D eigenvalue weighted by Gasteiger charge is -2.30. The molecule has 2 atom stereocenters. The Kier molecular flexibility index (Phi) is 3.58. The Morgan fingerprint density at radius 1 is 1.50 bits per heavy atom. The minimum atomic E-state index is -4.22. The predicted molar refractivity (Wildman–Crippen MR) is 58.9 cm³/mol. The zero-order valence-corrected chi connectivity index (χ0v) is 10.0. The van der Waals surface area contributed by atoms with Crippen LogP contribution in [0.1, 0.15) is 34.1 Å². The molecule has 100 valence electrons. The maximum atomic E-state index is 12.4. The average molecular weight is 280 g/mol. The molecule has 0 bridgehead atoms. The van der Waals surface area contributed by atoms with E-state index < -0.39 is 18.2 Å². The Morgan fingerprint density at radius 3 is 2.67 bits per heavy atom. The molecular formula is C10H11F3N2O2S. The maximum Gasteiger partial charge on any atom is 0.403 e. The molecule has 0 saturated carbocycles. The van der Waals surface area contributed by atoms with E-state index in [9.17, 15) is 18.0 Å². The van der Waals surface area contributed by atoms with E-state index in [0.717, 1.165) is 16.4 Å². The quantitative estimate of drug-likeness (QED) is 0.872. The standard InChI is InChI=1S/C10H11F3N2O2S/c11-10(12,13)8-2-1-5(4-14-8)7-3-6(9(16)17)15-18-7/h3,5,8,14H,1-2,4H2,(H,16,17). The van der Waals surface area contributed by atoms with Crippen LogP contribution in [-0.2, 0) is 0 Å². The summed E-state index contributed by atoms with van der Waals surface area (Å²) in [6.45, 7) is 0.200. The molecule has 4 nitrogen and oxygen atoms in total. The molecule has 1 aliphatic rings. The second-order valence-electron chi connectivity index (χ2n) is 4.20. The van der Waals surface area contributed by atoms with Crippen molar-refractivity contribution in [3.63, 3.8) is 0 Å². The minimum absolute atomic E-state index is 0.00840. The van der Waals surface area contributed by atoms with Gasteiger partial charge in [-0.3, -0.25) is 0 Å². The summed E-state index contributed by atoms with van der Waals surface area (Å²) in [6, 6.07) is -0.0200. The van der Waals surface area contributed by atoms with E-state index in [2.05, 4.69) is 9.69 Å². The third-order valence-corrected chi connectivity index (χ3v) is 3.91. The van der Waals surface area contributed by atoms with Gasteiger partial charge in [0.25, 0.3) is 0 Å². The van der Waals surface area contributed by atoms with Gasteiger partial charge >= 0.3 is 12.1 Å². The summed E-state index contributed by atoms with van der Waals surface area (Å²) in [4.78, 5) is 11.4. The highest BCUT2D eigenvalue weighted by Crippen LogP contribution is 2.33. The predicted octanol–water partition coefficient (Wildman–Crippen LogP) is 2.24. The van der Waals surface area contributed by atoms with E-state index in [4.69, 9.17) is 5.11 Å². The van der Waals surface area contributed by atoms with Crippen molar-refractivity contribution in [1.82, 2.24) is 9.69 Å². The van der Waals surface area contributed by atoms with Crippen molar-refractivity contribution in [2.24, 2.45) is 0 Å². The number of aromatic nitrogens is 1. The van der Waals surface area contributed by atoms with Gasteiger partial charge in [0.15, 0.2) is 5.69 Å². The van der Waals surface area contributed by atoms with Crippen LogP contribution in [0.3, 0.4) is 0 Å². The van der Waals surface area contributed by atoms with Crippen LogP contribution in [0, 0.1) is 0 Å². The first-order valence-electron chi connectivity index (χ1n) is 5.38. The topological polar surface area (TPSA) is 62.2 Å². The van der Waals surface area contributed by atoms with Gasteiger partial charge in [0.1, 0.15) is 6.04 Å². The number of halogens is 3. The summed E-state index contributed by atoms with van der Waals surface area (Å²) in [5.41, 5.74) is -0.0482. The monoisotopic (exact) mass is 280 g/mol. The van der Waals surface area contributed by atoms with E-state index in [0.29, 0.717) is 6.42 Å². The van der Waals surface area contributed by atoms with Crippen molar-refractivity contribution in [3.8, 4) is 0 Å². The van der Waals surface area contributed by atoms with E-state index >= 15 is 0 Å². The van der Waals surface area contributed by atoms with Crippen molar-refractivity contribution < 1.29 is 23.1 Å². The summed E-state index contributed by atoms with van der Waals surface area (Å²) >= 11 is 1.04. The lowest BCUT2D eigenvalue weighted by molar-refractivity contribution is -0.160. The molecular weight excluding hydrogens is 269 g/mol. The van der Waals surface area contributed by atoms with E-state index in [-0.39, 0.29) is 24.6 Å². The highest BCUT2D eigenvalue weighted by atomic mass is 32.1. The first-order valence-corrected chi connectivity index (χ1v) is 6.15. The van der Waals surface area contributed by atoms with Crippen molar-refractivity contribution in [2.45, 2.75) is 31.0 Å². The Morgan fingerprint density at radius 2 is 2.22 bits per heavy atom. The fraction of sp³-hybridized carbons (Fsp3) is 0.600. The number of hydrogen-bond acceptors (Lipinski definition) is 4. The molecule has 0 aliphatic carbocycles. The van der Waals surface area contributed by atoms with Crippen LogP contribution in [0.5, 0.6) is 0 Å². The summed E-state index contributed by atoms with van der Waals surface area (Å²) < 4.78 is 41.0. The van der Waals surface area contributed by atoms with Gasteiger partial charge in [0, 0.05) is 17.3 Å². The van der Waals surface area contributed by atoms with Crippen LogP contribution in [0.15, 0.2) is 6.07 Å². The number of alkyl halides is 3. The molecule has 1 aliphatic heterocycles. The van der Waals surface area contributed by atoms with Gasteiger partial charge < -0.3 is 10.4 Å². The zero-order chi connectivity index (χ0) is 13.3. The van der Waals surface area contributed by atoms with Crippen molar-refractivity contribution >= 4 is 17.5 Å². The Labute approximate surface area is 105 Å². The highest BCUT2D eigenvalue weighted by Gasteiger charge is 2.41. The van der Waals surface area contributed by atoms with Crippen molar-refractivity contribution in [1.29, 1.82) is 0 Å². The third-order valence-electron chi connectivity index (χ3n) is 2.96. The van der Waals surface area contributed by atoms with E-state index in [1.165, 1.54) is 6.07 Å². The van der Waals surface area contributed by atoms with Crippen LogP contribution < -0.4 is 5.32 Å². The second-order valence-corrected chi connectivity index (χ2v) is 5.03. The first kappa shape index (κ1) is 13.3. The number of carboxylic acids is 1. The normalized spacial score (nSPS) is 25.1. The molecule has 18 heavy (non-hydrogen) atoms. The largest absolute Gasteiger partial charge is 0.476 e. The summed E-state index contributed by atoms with van der Waals surface area (Å²) in [7, 11) is 0. The molecule has 0 aromatic carbocycles. The van der Waals surface area contributed by atoms with Crippen molar-refractivity contribution in [2.75, 3.05) is 6.54 Å². The number of piperidine rings is 1. The lowest BCUT2D eigenvalue weighted by Crippen LogP contribution is -2.47. The molecule has 2 N–H and O–H groups in total. The number of hydrogen-bond donors (Lipinski definition) is 2. The van der Waals surface area contributed by atoms with Crippen LogP contribution in [0.4, 0.5) is 13.2 Å². The molecule has 2 rings (SSSR count). The first-order chi connectivity index (χ1) is 8.38. The maximum absolute atomic E-state index is 12.4. The number of nitrogens with zero attached hydrogens (tertiary/aromatic N) is 1. The van der Waals surface area contributed by atoms with Crippen LogP contribution in [0.2, 0.25) is 0 Å². The second kappa shape index (κ2) is 4.85. The van der Waals surface area contributed by atoms with Gasteiger partial charge in [-0.1, -0.05) is 0 Å². The summed E-state index contributed by atoms with van der Waals surface area (Å²) in [5, 5.41) is 11.2. The molecule has 8 heteroatoms. The van der Waals surface area contributed by atoms with Gasteiger partial charge in [-0.25, -0.2) is 4.79 Å². The molecule has 0 radical (unpaired) electrons. The highest BCUT2D eigenvalue weighted by molar-refractivity contribution is 7.06. The minimum Gasteiger partial charge on any atom is -0.476 e. The smallest absolute Gasteiger partial charge is 0.403 e. The van der Waals surface area contributed by atoms with Gasteiger partial charge in [-0.2, -0.15) is 17.5 Å². The van der Waals surface area contributed by atoms with Crippen molar-refractivity contribution in [3.05, 3.63) is 16.6 Å². The molecule has 1 aromatic rings. The third kappa shape index (κ3) is 2.81. The molecule has 1 fully saturated rings. The van der Waals surface area contributed by atoms with Gasteiger partial charge in [-0.15, -0.1) is 0 Å². The number of carboxylic acid groups (broad SMARTS) is 1. The fourth-order valence-corrected chi connectivity index (χ4v) is 2.81. The SMILES string of the molecule is O=C(O)c1cc(C2CCC(C(F)(F)F)NC2)sn1. The Balaban J connectivity index is 1.99. The molecule has 0 amide bonds. The van der Waals surface area contributed by atoms with E-state index in [1.54, 1.807) is 0 Å². The van der Waals surface area contributed by atoms with Crippen LogP contribution >= 0.6 is 11.5 Å². The zero-order valence-electron chi connectivity index (χ0n) is 9.20. The fourth-order valence-electron chi connectivity index (χ4n) is 1.96. The summed E-state index contributed by atoms with van der Waals surface area (Å²) in [6.07, 6.45) is -3.82. The van der Waals surface area contributed by atoms with E-state index in [1.807, 2.05) is 0 Å². The Hall–Kier alpha value is -1.15. The molecule has 1 saturated heterocycles. The lowest BCUT2D eigenvalue weighted by atomic mass is 9.93. The molecule has 2 unspecified atom stereocenters. The van der Waals surface area contributed by atoms with Crippen LogP contribution in [-0.4, -0.2) is 34.2 Å². The number of carbonyl (C=O) groups is 1. The number of rotatable bonds is 2.